The van der Waals surface area contributed by atoms with E-state index in [4.69, 9.17) is 10.5 Å². The van der Waals surface area contributed by atoms with E-state index in [1.165, 1.54) is 19.2 Å². The largest absolute Gasteiger partial charge is 0.504 e. The van der Waals surface area contributed by atoms with E-state index in [1.54, 1.807) is 0 Å². The Kier molecular flexibility index (Phi) is 2.77. The topological polar surface area (TPSA) is 72.5 Å². The predicted octanol–water partition coefficient (Wildman–Crippen LogP) is 1.26. The number of carbonyl (C=O) groups excluding carboxylic acids is 1. The summed E-state index contributed by atoms with van der Waals surface area (Å²) in [6, 6.07) is 2.74. The Hall–Kier alpha value is -1.23. The van der Waals surface area contributed by atoms with Gasteiger partial charge in [0.2, 0.25) is 5.91 Å². The molecule has 1 aromatic carbocycles. The SMILES string of the molecule is COc1cc(Br)c(C(N)=O)cc1O. The first-order chi connectivity index (χ1) is 6.06. The van der Waals surface area contributed by atoms with Gasteiger partial charge in [-0.05, 0) is 28.1 Å². The quantitative estimate of drug-likeness (QED) is 0.825. The highest BCUT2D eigenvalue weighted by Gasteiger charge is 2.11. The minimum atomic E-state index is -0.607. The molecule has 0 atom stereocenters. The van der Waals surface area contributed by atoms with Crippen LogP contribution < -0.4 is 10.5 Å². The molecule has 5 heteroatoms. The van der Waals surface area contributed by atoms with Crippen molar-refractivity contribution in [1.29, 1.82) is 0 Å². The van der Waals surface area contributed by atoms with Crippen LogP contribution in [0.3, 0.4) is 0 Å². The summed E-state index contributed by atoms with van der Waals surface area (Å²) in [6.45, 7) is 0. The Labute approximate surface area is 83.4 Å². The molecule has 0 heterocycles. The average molecular weight is 246 g/mol. The lowest BCUT2D eigenvalue weighted by atomic mass is 10.2. The highest BCUT2D eigenvalue weighted by molar-refractivity contribution is 9.10. The van der Waals surface area contributed by atoms with Gasteiger partial charge in [-0.15, -0.1) is 0 Å². The maximum atomic E-state index is 10.8. The van der Waals surface area contributed by atoms with Crippen LogP contribution >= 0.6 is 15.9 Å². The number of primary amides is 1. The number of methoxy groups -OCH3 is 1. The molecule has 4 nitrogen and oxygen atoms in total. The lowest BCUT2D eigenvalue weighted by Gasteiger charge is -2.06. The molecule has 70 valence electrons. The van der Waals surface area contributed by atoms with Gasteiger partial charge in [0.25, 0.3) is 0 Å². The summed E-state index contributed by atoms with van der Waals surface area (Å²) in [5, 5.41) is 9.31. The lowest BCUT2D eigenvalue weighted by molar-refractivity contribution is 0.0999. The summed E-state index contributed by atoms with van der Waals surface area (Å²) in [5.74, 6) is -0.429. The van der Waals surface area contributed by atoms with Gasteiger partial charge in [-0.1, -0.05) is 0 Å². The van der Waals surface area contributed by atoms with Crippen molar-refractivity contribution in [3.05, 3.63) is 22.2 Å². The summed E-state index contributed by atoms with van der Waals surface area (Å²) in [4.78, 5) is 10.8. The summed E-state index contributed by atoms with van der Waals surface area (Å²) >= 11 is 3.13. The Morgan fingerprint density at radius 3 is 2.69 bits per heavy atom. The summed E-state index contributed by atoms with van der Waals surface area (Å²) in [7, 11) is 1.42. The molecule has 1 aromatic rings. The first-order valence-corrected chi connectivity index (χ1v) is 4.22. The van der Waals surface area contributed by atoms with Crippen molar-refractivity contribution < 1.29 is 14.6 Å². The number of hydrogen-bond acceptors (Lipinski definition) is 3. The summed E-state index contributed by atoms with van der Waals surface area (Å²) < 4.78 is 5.32. The van der Waals surface area contributed by atoms with Crippen LogP contribution in [0.2, 0.25) is 0 Å². The third-order valence-corrected chi connectivity index (χ3v) is 2.19. The molecule has 0 radical (unpaired) electrons. The zero-order chi connectivity index (χ0) is 10.0. The van der Waals surface area contributed by atoms with Gasteiger partial charge in [0, 0.05) is 4.47 Å². The van der Waals surface area contributed by atoms with Crippen LogP contribution in [-0.2, 0) is 0 Å². The van der Waals surface area contributed by atoms with Crippen LogP contribution in [-0.4, -0.2) is 18.1 Å². The number of phenolic OH excluding ortho intramolecular Hbond substituents is 1. The molecule has 0 saturated heterocycles. The number of amides is 1. The fourth-order valence-electron chi connectivity index (χ4n) is 0.896. The van der Waals surface area contributed by atoms with Crippen LogP contribution in [0.1, 0.15) is 10.4 Å². The van der Waals surface area contributed by atoms with Gasteiger partial charge in [0.1, 0.15) is 0 Å². The van der Waals surface area contributed by atoms with Crippen molar-refractivity contribution in [3.8, 4) is 11.5 Å². The minimum absolute atomic E-state index is 0.112. The molecule has 0 aromatic heterocycles. The maximum Gasteiger partial charge on any atom is 0.249 e. The number of benzene rings is 1. The standard InChI is InChI=1S/C8H8BrNO3/c1-13-7-3-5(9)4(8(10)12)2-6(7)11/h2-3,11H,1H3,(H2,10,12). The molecule has 0 unspecified atom stereocenters. The third kappa shape index (κ3) is 1.92. The third-order valence-electron chi connectivity index (χ3n) is 1.53. The van der Waals surface area contributed by atoms with E-state index >= 15 is 0 Å². The molecule has 0 bridgehead atoms. The summed E-state index contributed by atoms with van der Waals surface area (Å²) in [5.41, 5.74) is 5.27. The molecule has 0 fully saturated rings. The van der Waals surface area contributed by atoms with Gasteiger partial charge in [-0.3, -0.25) is 4.79 Å². The zero-order valence-corrected chi connectivity index (χ0v) is 8.46. The molecule has 0 aliphatic rings. The fraction of sp³-hybridized carbons (Fsp3) is 0.125. The molecule has 1 rings (SSSR count). The fourth-order valence-corrected chi connectivity index (χ4v) is 1.41. The van der Waals surface area contributed by atoms with Crippen LogP contribution in [0.15, 0.2) is 16.6 Å². The molecular weight excluding hydrogens is 238 g/mol. The number of carbonyl (C=O) groups is 1. The first-order valence-electron chi connectivity index (χ1n) is 3.42. The van der Waals surface area contributed by atoms with E-state index < -0.39 is 5.91 Å². The number of phenols is 1. The van der Waals surface area contributed by atoms with Gasteiger partial charge >= 0.3 is 0 Å². The second-order valence-corrected chi connectivity index (χ2v) is 3.22. The summed E-state index contributed by atoms with van der Waals surface area (Å²) in [6.07, 6.45) is 0. The number of halogens is 1. The van der Waals surface area contributed by atoms with E-state index in [1.807, 2.05) is 0 Å². The number of ether oxygens (including phenoxy) is 1. The molecule has 13 heavy (non-hydrogen) atoms. The van der Waals surface area contributed by atoms with E-state index in [9.17, 15) is 9.90 Å². The molecule has 0 spiro atoms. The van der Waals surface area contributed by atoms with Crippen molar-refractivity contribution in [1.82, 2.24) is 0 Å². The van der Waals surface area contributed by atoms with Crippen LogP contribution in [0.5, 0.6) is 11.5 Å². The Morgan fingerprint density at radius 2 is 2.23 bits per heavy atom. The molecule has 3 N–H and O–H groups in total. The molecule has 0 saturated carbocycles. The van der Waals surface area contributed by atoms with Crippen molar-refractivity contribution in [2.45, 2.75) is 0 Å². The Bertz CT molecular complexity index is 351. The van der Waals surface area contributed by atoms with Crippen molar-refractivity contribution in [2.75, 3.05) is 7.11 Å². The number of hydrogen-bond donors (Lipinski definition) is 2. The predicted molar refractivity (Wildman–Crippen MR) is 50.9 cm³/mol. The Morgan fingerprint density at radius 1 is 1.62 bits per heavy atom. The monoisotopic (exact) mass is 245 g/mol. The van der Waals surface area contributed by atoms with Crippen molar-refractivity contribution in [2.24, 2.45) is 5.73 Å². The second kappa shape index (κ2) is 3.66. The van der Waals surface area contributed by atoms with E-state index in [2.05, 4.69) is 15.9 Å². The molecular formula is C8H8BrNO3. The average Bonchev–Trinajstić information content (AvgIpc) is 2.07. The molecule has 0 aliphatic carbocycles. The van der Waals surface area contributed by atoms with Gasteiger partial charge in [0.15, 0.2) is 11.5 Å². The van der Waals surface area contributed by atoms with Crippen LogP contribution in [0, 0.1) is 0 Å². The molecule has 1 amide bonds. The van der Waals surface area contributed by atoms with Crippen molar-refractivity contribution in [3.63, 3.8) is 0 Å². The lowest BCUT2D eigenvalue weighted by Crippen LogP contribution is -2.11. The maximum absolute atomic E-state index is 10.8. The Balaban J connectivity index is 3.28. The smallest absolute Gasteiger partial charge is 0.249 e. The highest BCUT2D eigenvalue weighted by atomic mass is 79.9. The molecule has 0 aliphatic heterocycles. The number of aromatic hydroxyl groups is 1. The normalized spacial score (nSPS) is 9.69. The number of rotatable bonds is 2. The number of nitrogens with two attached hydrogens (primary N) is 1. The van der Waals surface area contributed by atoms with Crippen molar-refractivity contribution >= 4 is 21.8 Å². The first kappa shape index (κ1) is 9.85. The highest BCUT2D eigenvalue weighted by Crippen LogP contribution is 2.31. The van der Waals surface area contributed by atoms with Crippen LogP contribution in [0.4, 0.5) is 0 Å². The zero-order valence-electron chi connectivity index (χ0n) is 6.87. The second-order valence-electron chi connectivity index (χ2n) is 2.37. The van der Waals surface area contributed by atoms with Gasteiger partial charge < -0.3 is 15.6 Å². The van der Waals surface area contributed by atoms with Gasteiger partial charge in [-0.2, -0.15) is 0 Å². The van der Waals surface area contributed by atoms with E-state index in [-0.39, 0.29) is 17.1 Å². The van der Waals surface area contributed by atoms with Gasteiger partial charge in [-0.25, -0.2) is 0 Å². The minimum Gasteiger partial charge on any atom is -0.504 e. The van der Waals surface area contributed by atoms with E-state index in [0.29, 0.717) is 4.47 Å². The van der Waals surface area contributed by atoms with E-state index in [0.717, 1.165) is 0 Å². The van der Waals surface area contributed by atoms with Gasteiger partial charge in [0.05, 0.1) is 12.7 Å². The van der Waals surface area contributed by atoms with Crippen LogP contribution in [0.25, 0.3) is 0 Å².